The number of aryl methyl sites for hydroxylation is 1. The number of rotatable bonds is 7. The van der Waals surface area contributed by atoms with E-state index in [1.807, 2.05) is 73.7 Å². The summed E-state index contributed by atoms with van der Waals surface area (Å²) in [5, 5.41) is 0. The quantitative estimate of drug-likeness (QED) is 0.203. The van der Waals surface area contributed by atoms with E-state index in [4.69, 9.17) is 0 Å². The summed E-state index contributed by atoms with van der Waals surface area (Å²) in [6.07, 6.45) is 0. The van der Waals surface area contributed by atoms with E-state index in [0.717, 1.165) is 44.9 Å². The number of hydrogen-bond acceptors (Lipinski definition) is 2. The summed E-state index contributed by atoms with van der Waals surface area (Å²) < 4.78 is 31.0. The lowest BCUT2D eigenvalue weighted by molar-refractivity contribution is -0.572. The maximum atomic E-state index is 13.0. The van der Waals surface area contributed by atoms with E-state index in [-0.39, 0.29) is 4.90 Å². The van der Waals surface area contributed by atoms with Gasteiger partial charge in [0.2, 0.25) is 17.1 Å². The molecule has 0 aliphatic carbocycles. The average Bonchev–Trinajstić information content (AvgIpc) is 3.02. The van der Waals surface area contributed by atoms with Gasteiger partial charge in [-0.2, -0.15) is 4.57 Å². The fraction of sp³-hybridized carbons (Fsp3) is 0.0278. The van der Waals surface area contributed by atoms with E-state index in [1.165, 1.54) is 0 Å². The zero-order valence-electron chi connectivity index (χ0n) is 22.6. The van der Waals surface area contributed by atoms with Crippen LogP contribution in [0, 0.1) is 6.92 Å². The molecule has 1 aromatic heterocycles. The Morgan fingerprint density at radius 3 is 1.46 bits per heavy atom. The van der Waals surface area contributed by atoms with Crippen molar-refractivity contribution in [1.29, 1.82) is 0 Å². The molecule has 0 saturated carbocycles. The number of aromatic nitrogens is 1. The van der Waals surface area contributed by atoms with Crippen LogP contribution in [-0.2, 0) is 10.0 Å². The highest BCUT2D eigenvalue weighted by Crippen LogP contribution is 2.31. The van der Waals surface area contributed by atoms with Gasteiger partial charge >= 0.3 is 0 Å². The van der Waals surface area contributed by atoms with Crippen molar-refractivity contribution >= 4 is 15.7 Å². The molecule has 6 rings (SSSR count). The monoisotopic (exact) mass is 553 g/mol. The van der Waals surface area contributed by atoms with Crippen LogP contribution in [0.15, 0.2) is 157 Å². The Balaban J connectivity index is 1.49. The van der Waals surface area contributed by atoms with Gasteiger partial charge in [0.05, 0.1) is 4.90 Å². The largest absolute Gasteiger partial charge is 0.280 e. The van der Waals surface area contributed by atoms with Crippen LogP contribution in [0.5, 0.6) is 0 Å². The third-order valence-corrected chi connectivity index (χ3v) is 8.42. The Hall–Kier alpha value is -5.00. The smallest absolute Gasteiger partial charge is 0.261 e. The number of nitrogens with one attached hydrogen (secondary N) is 1. The summed E-state index contributed by atoms with van der Waals surface area (Å²) in [7, 11) is -3.70. The van der Waals surface area contributed by atoms with Crippen LogP contribution >= 0.6 is 0 Å². The summed E-state index contributed by atoms with van der Waals surface area (Å²) in [6, 6.07) is 49.8. The summed E-state index contributed by atoms with van der Waals surface area (Å²) in [5.41, 5.74) is 8.87. The van der Waals surface area contributed by atoms with E-state index in [1.54, 1.807) is 24.3 Å². The average molecular weight is 554 g/mol. The molecule has 0 aliphatic heterocycles. The molecule has 1 heterocycles. The minimum atomic E-state index is -3.70. The molecule has 1 N–H and O–H groups in total. The van der Waals surface area contributed by atoms with Crippen LogP contribution < -0.4 is 9.29 Å². The van der Waals surface area contributed by atoms with E-state index in [9.17, 15) is 8.42 Å². The maximum absolute atomic E-state index is 13.0. The topological polar surface area (TPSA) is 50.1 Å². The van der Waals surface area contributed by atoms with E-state index in [0.29, 0.717) is 5.69 Å². The first-order chi connectivity index (χ1) is 20.0. The van der Waals surface area contributed by atoms with Crippen molar-refractivity contribution in [2.24, 2.45) is 0 Å². The van der Waals surface area contributed by atoms with Crippen molar-refractivity contribution in [1.82, 2.24) is 0 Å². The van der Waals surface area contributed by atoms with Gasteiger partial charge in [0.1, 0.15) is 0 Å². The van der Waals surface area contributed by atoms with Crippen LogP contribution in [-0.4, -0.2) is 8.42 Å². The molecule has 4 nitrogen and oxygen atoms in total. The van der Waals surface area contributed by atoms with Crippen molar-refractivity contribution in [3.8, 4) is 39.3 Å². The lowest BCUT2D eigenvalue weighted by Crippen LogP contribution is -2.36. The Morgan fingerprint density at radius 2 is 0.976 bits per heavy atom. The summed E-state index contributed by atoms with van der Waals surface area (Å²) >= 11 is 0. The second kappa shape index (κ2) is 11.2. The van der Waals surface area contributed by atoms with Gasteiger partial charge < -0.3 is 0 Å². The standard InChI is InChI=1S/C36H29N2O2S/c1-27-17-23-34(24-18-27)41(39,40)37-32-19-21-33(22-20-32)38-35(29-13-7-3-8-14-29)25-31(28-11-5-2-6-12-28)26-36(38)30-15-9-4-10-16-30/h2-26,37H,1H3/q+1. The highest BCUT2D eigenvalue weighted by molar-refractivity contribution is 7.92. The summed E-state index contributed by atoms with van der Waals surface area (Å²) in [5.74, 6) is 0. The van der Waals surface area contributed by atoms with Crippen molar-refractivity contribution in [2.75, 3.05) is 4.72 Å². The van der Waals surface area contributed by atoms with Crippen molar-refractivity contribution in [3.05, 3.63) is 157 Å². The molecule has 0 amide bonds. The van der Waals surface area contributed by atoms with E-state index < -0.39 is 10.0 Å². The first-order valence-corrected chi connectivity index (χ1v) is 14.9. The lowest BCUT2D eigenvalue weighted by atomic mass is 9.98. The van der Waals surface area contributed by atoms with Crippen LogP contribution in [0.2, 0.25) is 0 Å². The molecule has 5 aromatic carbocycles. The van der Waals surface area contributed by atoms with Crippen molar-refractivity contribution in [2.45, 2.75) is 11.8 Å². The van der Waals surface area contributed by atoms with Gasteiger partial charge in [-0.1, -0.05) is 84.4 Å². The minimum absolute atomic E-state index is 0.232. The van der Waals surface area contributed by atoms with Gasteiger partial charge in [-0.05, 0) is 66.6 Å². The molecule has 0 fully saturated rings. The van der Waals surface area contributed by atoms with Crippen LogP contribution in [0.25, 0.3) is 39.3 Å². The number of sulfonamides is 1. The van der Waals surface area contributed by atoms with Gasteiger partial charge in [-0.25, -0.2) is 8.42 Å². The Kier molecular flexibility index (Phi) is 7.19. The van der Waals surface area contributed by atoms with Crippen LogP contribution in [0.1, 0.15) is 5.56 Å². The number of benzene rings is 5. The molecule has 6 aromatic rings. The molecule has 0 saturated heterocycles. The molecule has 0 unspecified atom stereocenters. The second-order valence-electron chi connectivity index (χ2n) is 9.91. The Bertz CT molecular complexity index is 1830. The molecule has 0 bridgehead atoms. The highest BCUT2D eigenvalue weighted by atomic mass is 32.2. The van der Waals surface area contributed by atoms with Crippen LogP contribution in [0.3, 0.4) is 0 Å². The zero-order chi connectivity index (χ0) is 28.2. The van der Waals surface area contributed by atoms with E-state index >= 15 is 0 Å². The molecule has 0 spiro atoms. The van der Waals surface area contributed by atoms with Gasteiger partial charge in [0.15, 0.2) is 0 Å². The van der Waals surface area contributed by atoms with Gasteiger partial charge in [-0.3, -0.25) is 4.72 Å². The molecular formula is C36H29N2O2S+. The first kappa shape index (κ1) is 26.2. The van der Waals surface area contributed by atoms with Gasteiger partial charge in [0.25, 0.3) is 10.0 Å². The lowest BCUT2D eigenvalue weighted by Gasteiger charge is -2.13. The maximum Gasteiger partial charge on any atom is 0.261 e. The predicted octanol–water partition coefficient (Wildman–Crippen LogP) is 8.07. The third kappa shape index (κ3) is 5.67. The summed E-state index contributed by atoms with van der Waals surface area (Å²) in [4.78, 5) is 0.232. The Morgan fingerprint density at radius 1 is 0.512 bits per heavy atom. The molecule has 0 atom stereocenters. The van der Waals surface area contributed by atoms with Gasteiger partial charge in [0, 0.05) is 41.1 Å². The predicted molar refractivity (Wildman–Crippen MR) is 166 cm³/mol. The zero-order valence-corrected chi connectivity index (χ0v) is 23.4. The molecule has 0 radical (unpaired) electrons. The fourth-order valence-corrected chi connectivity index (χ4v) is 5.98. The first-order valence-electron chi connectivity index (χ1n) is 13.4. The molecular weight excluding hydrogens is 524 g/mol. The van der Waals surface area contributed by atoms with Gasteiger partial charge in [-0.15, -0.1) is 0 Å². The molecule has 5 heteroatoms. The number of hydrogen-bond donors (Lipinski definition) is 1. The number of nitrogens with zero attached hydrogens (tertiary/aromatic N) is 1. The fourth-order valence-electron chi connectivity index (χ4n) is 4.92. The number of pyridine rings is 1. The van der Waals surface area contributed by atoms with Crippen molar-refractivity contribution in [3.63, 3.8) is 0 Å². The number of anilines is 1. The molecule has 0 aliphatic rings. The molecule has 41 heavy (non-hydrogen) atoms. The molecule has 200 valence electrons. The SMILES string of the molecule is Cc1ccc(S(=O)(=O)Nc2ccc(-[n+]3c(-c4ccccc4)cc(-c4ccccc4)cc3-c3ccccc3)cc2)cc1. The third-order valence-electron chi connectivity index (χ3n) is 7.02. The van der Waals surface area contributed by atoms with Crippen molar-refractivity contribution < 1.29 is 13.0 Å². The van der Waals surface area contributed by atoms with Crippen LogP contribution in [0.4, 0.5) is 5.69 Å². The summed E-state index contributed by atoms with van der Waals surface area (Å²) in [6.45, 7) is 1.93. The normalized spacial score (nSPS) is 11.2. The minimum Gasteiger partial charge on any atom is -0.280 e. The second-order valence-corrected chi connectivity index (χ2v) is 11.6. The highest BCUT2D eigenvalue weighted by Gasteiger charge is 2.25. The Labute approximate surface area is 241 Å². The van der Waals surface area contributed by atoms with E-state index in [2.05, 4.69) is 70.0 Å².